The van der Waals surface area contributed by atoms with E-state index in [2.05, 4.69) is 24.1 Å². The first kappa shape index (κ1) is 14.1. The minimum Gasteiger partial charge on any atom is -0.485 e. The van der Waals surface area contributed by atoms with E-state index in [1.54, 1.807) is 0 Å². The monoisotopic (exact) mass is 302 g/mol. The number of benzene rings is 1. The van der Waals surface area contributed by atoms with Crippen LogP contribution in [0.1, 0.15) is 24.0 Å². The molecule has 5 heteroatoms. The highest BCUT2D eigenvalue weighted by Crippen LogP contribution is 2.55. The SMILES string of the molecule is CN1CC[C@@]23C=C[C@H](O)C[C@@H]2Oc2c(OCN)ccc(c23)C1. The number of rotatable bonds is 2. The zero-order chi connectivity index (χ0) is 15.3. The number of nitrogens with zero attached hydrogens (tertiary/aromatic N) is 1. The molecule has 1 aliphatic carbocycles. The van der Waals surface area contributed by atoms with E-state index >= 15 is 0 Å². The van der Waals surface area contributed by atoms with Crippen molar-refractivity contribution in [2.75, 3.05) is 20.3 Å². The Morgan fingerprint density at radius 3 is 3.18 bits per heavy atom. The summed E-state index contributed by atoms with van der Waals surface area (Å²) in [6.45, 7) is 2.03. The van der Waals surface area contributed by atoms with E-state index in [1.165, 1.54) is 11.1 Å². The van der Waals surface area contributed by atoms with Gasteiger partial charge in [-0.25, -0.2) is 0 Å². The predicted molar refractivity (Wildman–Crippen MR) is 82.9 cm³/mol. The highest BCUT2D eigenvalue weighted by atomic mass is 16.5. The van der Waals surface area contributed by atoms with Crippen LogP contribution in [0.15, 0.2) is 24.3 Å². The molecule has 2 aliphatic heterocycles. The lowest BCUT2D eigenvalue weighted by Crippen LogP contribution is -2.42. The average Bonchev–Trinajstić information content (AvgIpc) is 2.75. The molecule has 0 unspecified atom stereocenters. The van der Waals surface area contributed by atoms with Gasteiger partial charge in [0.05, 0.1) is 11.5 Å². The van der Waals surface area contributed by atoms with Gasteiger partial charge in [-0.05, 0) is 31.6 Å². The Morgan fingerprint density at radius 1 is 1.50 bits per heavy atom. The summed E-state index contributed by atoms with van der Waals surface area (Å²) >= 11 is 0. The minimum absolute atomic E-state index is 0.0322. The van der Waals surface area contributed by atoms with Crippen LogP contribution in [0.25, 0.3) is 0 Å². The van der Waals surface area contributed by atoms with Gasteiger partial charge in [-0.1, -0.05) is 18.2 Å². The minimum atomic E-state index is -0.437. The van der Waals surface area contributed by atoms with Gasteiger partial charge >= 0.3 is 0 Å². The summed E-state index contributed by atoms with van der Waals surface area (Å²) in [4.78, 5) is 2.34. The van der Waals surface area contributed by atoms with E-state index in [0.29, 0.717) is 12.2 Å². The highest BCUT2D eigenvalue weighted by molar-refractivity contribution is 5.61. The number of hydrogen-bond acceptors (Lipinski definition) is 5. The molecule has 1 aromatic carbocycles. The van der Waals surface area contributed by atoms with Crippen molar-refractivity contribution in [3.8, 4) is 11.5 Å². The lowest BCUT2D eigenvalue weighted by Gasteiger charge is -2.35. The second-order valence-electron chi connectivity index (χ2n) is 6.53. The van der Waals surface area contributed by atoms with Gasteiger partial charge in [-0.2, -0.15) is 0 Å². The molecule has 0 fully saturated rings. The highest BCUT2D eigenvalue weighted by Gasteiger charge is 2.52. The van der Waals surface area contributed by atoms with Crippen molar-refractivity contribution in [3.63, 3.8) is 0 Å². The van der Waals surface area contributed by atoms with Crippen molar-refractivity contribution < 1.29 is 14.6 Å². The molecule has 3 N–H and O–H groups in total. The molecule has 3 atom stereocenters. The van der Waals surface area contributed by atoms with Gasteiger partial charge < -0.3 is 19.5 Å². The summed E-state index contributed by atoms with van der Waals surface area (Å²) in [5, 5.41) is 10.00. The Bertz CT molecular complexity index is 631. The molecular weight excluding hydrogens is 280 g/mol. The maximum absolute atomic E-state index is 10.00. The smallest absolute Gasteiger partial charge is 0.166 e. The standard InChI is InChI=1S/C17H22N2O3/c1-19-7-6-17-5-4-12(20)8-14(17)22-16-13(21-10-18)3-2-11(9-19)15(16)17/h2-5,12,14,20H,6-10,18H2,1H3/t12-,14-,17-/m0/s1. The summed E-state index contributed by atoms with van der Waals surface area (Å²) in [6, 6.07) is 4.07. The zero-order valence-corrected chi connectivity index (χ0v) is 12.8. The van der Waals surface area contributed by atoms with Crippen LogP contribution in [0.5, 0.6) is 11.5 Å². The molecule has 0 amide bonds. The number of nitrogens with two attached hydrogens (primary N) is 1. The number of aliphatic hydroxyl groups is 1. The van der Waals surface area contributed by atoms with Crippen LogP contribution >= 0.6 is 0 Å². The van der Waals surface area contributed by atoms with Crippen molar-refractivity contribution in [2.45, 2.75) is 37.0 Å². The maximum atomic E-state index is 10.00. The fourth-order valence-electron chi connectivity index (χ4n) is 4.12. The summed E-state index contributed by atoms with van der Waals surface area (Å²) < 4.78 is 11.8. The Balaban J connectivity index is 1.92. The molecule has 0 radical (unpaired) electrons. The molecule has 4 rings (SSSR count). The van der Waals surface area contributed by atoms with Crippen LogP contribution < -0.4 is 15.2 Å². The number of aliphatic hydroxyl groups excluding tert-OH is 1. The summed E-state index contributed by atoms with van der Waals surface area (Å²) in [6.07, 6.45) is 5.22. The molecule has 0 aromatic heterocycles. The van der Waals surface area contributed by atoms with Gasteiger partial charge in [0, 0.05) is 18.5 Å². The lowest BCUT2D eigenvalue weighted by molar-refractivity contribution is 0.0817. The third kappa shape index (κ3) is 1.89. The molecule has 5 nitrogen and oxygen atoms in total. The van der Waals surface area contributed by atoms with E-state index < -0.39 is 6.10 Å². The fourth-order valence-corrected chi connectivity index (χ4v) is 4.12. The van der Waals surface area contributed by atoms with Crippen LogP contribution in [0.3, 0.4) is 0 Å². The molecule has 0 saturated heterocycles. The van der Waals surface area contributed by atoms with Gasteiger partial charge in [0.25, 0.3) is 0 Å². The van der Waals surface area contributed by atoms with E-state index in [1.807, 2.05) is 12.1 Å². The van der Waals surface area contributed by atoms with Gasteiger partial charge in [-0.3, -0.25) is 5.73 Å². The third-order valence-electron chi connectivity index (χ3n) is 5.17. The average molecular weight is 302 g/mol. The number of hydrogen-bond donors (Lipinski definition) is 2. The Kier molecular flexibility index (Phi) is 3.18. The van der Waals surface area contributed by atoms with Crippen molar-refractivity contribution in [2.24, 2.45) is 5.73 Å². The van der Waals surface area contributed by atoms with Crippen LogP contribution in [0, 0.1) is 0 Å². The molecule has 118 valence electrons. The Hall–Kier alpha value is -1.56. The molecule has 2 heterocycles. The zero-order valence-electron chi connectivity index (χ0n) is 12.8. The predicted octanol–water partition coefficient (Wildman–Crippen LogP) is 1.14. The van der Waals surface area contributed by atoms with Crippen LogP contribution in [0.2, 0.25) is 0 Å². The molecule has 0 saturated carbocycles. The number of ether oxygens (including phenoxy) is 2. The van der Waals surface area contributed by atoms with E-state index in [-0.39, 0.29) is 18.2 Å². The van der Waals surface area contributed by atoms with Crippen molar-refractivity contribution in [1.29, 1.82) is 0 Å². The van der Waals surface area contributed by atoms with Gasteiger partial charge in [0.15, 0.2) is 11.5 Å². The lowest BCUT2D eigenvalue weighted by atomic mass is 9.69. The van der Waals surface area contributed by atoms with Crippen LogP contribution in [-0.4, -0.2) is 42.5 Å². The van der Waals surface area contributed by atoms with E-state index in [9.17, 15) is 5.11 Å². The summed E-state index contributed by atoms with van der Waals surface area (Å²) in [7, 11) is 2.14. The van der Waals surface area contributed by atoms with E-state index in [0.717, 1.165) is 25.3 Å². The Labute approximate surface area is 130 Å². The van der Waals surface area contributed by atoms with Gasteiger partial charge in [0.2, 0.25) is 0 Å². The Morgan fingerprint density at radius 2 is 2.36 bits per heavy atom. The maximum Gasteiger partial charge on any atom is 0.166 e. The van der Waals surface area contributed by atoms with Crippen molar-refractivity contribution in [1.82, 2.24) is 4.90 Å². The molecule has 0 bridgehead atoms. The van der Waals surface area contributed by atoms with Gasteiger partial charge in [-0.15, -0.1) is 0 Å². The first-order valence-corrected chi connectivity index (χ1v) is 7.86. The quantitative estimate of drug-likeness (QED) is 0.633. The molecular formula is C17H22N2O3. The van der Waals surface area contributed by atoms with Gasteiger partial charge in [0.1, 0.15) is 12.8 Å². The van der Waals surface area contributed by atoms with Crippen molar-refractivity contribution >= 4 is 0 Å². The summed E-state index contributed by atoms with van der Waals surface area (Å²) in [5.41, 5.74) is 7.92. The normalized spacial score (nSPS) is 32.9. The molecule has 3 aliphatic rings. The second kappa shape index (κ2) is 4.98. The van der Waals surface area contributed by atoms with E-state index in [4.69, 9.17) is 15.2 Å². The first-order chi connectivity index (χ1) is 10.6. The molecule has 1 aromatic rings. The first-order valence-electron chi connectivity index (χ1n) is 7.86. The largest absolute Gasteiger partial charge is 0.485 e. The second-order valence-corrected chi connectivity index (χ2v) is 6.53. The molecule has 22 heavy (non-hydrogen) atoms. The topological polar surface area (TPSA) is 68.0 Å². The third-order valence-corrected chi connectivity index (χ3v) is 5.17. The molecule has 1 spiro atoms. The van der Waals surface area contributed by atoms with Crippen LogP contribution in [0.4, 0.5) is 0 Å². The van der Waals surface area contributed by atoms with Crippen LogP contribution in [-0.2, 0) is 12.0 Å². The summed E-state index contributed by atoms with van der Waals surface area (Å²) in [5.74, 6) is 1.53. The fraction of sp³-hybridized carbons (Fsp3) is 0.529. The van der Waals surface area contributed by atoms with Crippen molar-refractivity contribution in [3.05, 3.63) is 35.4 Å².